The predicted molar refractivity (Wildman–Crippen MR) is 113 cm³/mol. The first-order chi connectivity index (χ1) is 13.6. The average Bonchev–Trinajstić information content (AvgIpc) is 3.14. The van der Waals surface area contributed by atoms with Crippen molar-refractivity contribution < 1.29 is 9.32 Å². The van der Waals surface area contributed by atoms with Gasteiger partial charge in [0, 0.05) is 29.4 Å². The van der Waals surface area contributed by atoms with E-state index in [-0.39, 0.29) is 5.91 Å². The molecule has 0 aliphatic rings. The average molecular weight is 397 g/mol. The molecule has 28 heavy (non-hydrogen) atoms. The Morgan fingerprint density at radius 2 is 1.82 bits per heavy atom. The van der Waals surface area contributed by atoms with Crippen molar-refractivity contribution in [3.8, 4) is 0 Å². The Morgan fingerprint density at radius 3 is 2.46 bits per heavy atom. The van der Waals surface area contributed by atoms with E-state index in [0.29, 0.717) is 23.0 Å². The van der Waals surface area contributed by atoms with E-state index < -0.39 is 0 Å². The second-order valence-electron chi connectivity index (χ2n) is 6.19. The number of amides is 1. The van der Waals surface area contributed by atoms with E-state index in [9.17, 15) is 4.79 Å². The van der Waals surface area contributed by atoms with Gasteiger partial charge in [-0.3, -0.25) is 4.79 Å². The molecule has 0 saturated carbocycles. The predicted octanol–water partition coefficient (Wildman–Crippen LogP) is 4.77. The Bertz CT molecular complexity index is 920. The summed E-state index contributed by atoms with van der Waals surface area (Å²) in [5.74, 6) is 1.53. The van der Waals surface area contributed by atoms with E-state index in [1.54, 1.807) is 6.92 Å². The van der Waals surface area contributed by atoms with Gasteiger partial charge >= 0.3 is 0 Å². The van der Waals surface area contributed by atoms with Gasteiger partial charge in [-0.25, -0.2) is 0 Å². The zero-order valence-corrected chi connectivity index (χ0v) is 17.1. The van der Waals surface area contributed by atoms with E-state index in [0.717, 1.165) is 29.4 Å². The molecule has 3 aromatic rings. The van der Waals surface area contributed by atoms with Gasteiger partial charge < -0.3 is 14.7 Å². The zero-order chi connectivity index (χ0) is 19.9. The van der Waals surface area contributed by atoms with Crippen molar-refractivity contribution in [3.63, 3.8) is 0 Å². The molecule has 0 fully saturated rings. The van der Waals surface area contributed by atoms with Crippen molar-refractivity contribution in [2.75, 3.05) is 23.3 Å². The van der Waals surface area contributed by atoms with Crippen molar-refractivity contribution in [2.45, 2.75) is 31.4 Å². The molecule has 6 nitrogen and oxygen atoms in total. The molecule has 2 aromatic carbocycles. The number of nitrogens with one attached hydrogen (secondary N) is 1. The molecule has 146 valence electrons. The Hall–Kier alpha value is -2.80. The third-order valence-electron chi connectivity index (χ3n) is 4.31. The standard InChI is InChI=1S/C21H24N4O2S/c1-4-25(5-2)17-12-10-16(11-13-17)23-21(26)18-8-6-7-9-19(18)28-14-20-22-15(3)24-27-20/h6-13H,4-5,14H2,1-3H3,(H,23,26). The summed E-state index contributed by atoms with van der Waals surface area (Å²) in [7, 11) is 0. The molecule has 0 aliphatic heterocycles. The van der Waals surface area contributed by atoms with Gasteiger partial charge in [0.1, 0.15) is 0 Å². The Morgan fingerprint density at radius 1 is 1.11 bits per heavy atom. The van der Waals surface area contributed by atoms with Crippen LogP contribution >= 0.6 is 11.8 Å². The number of hydrogen-bond acceptors (Lipinski definition) is 6. The van der Waals surface area contributed by atoms with Crippen LogP contribution in [-0.4, -0.2) is 29.1 Å². The number of rotatable bonds is 8. The maximum Gasteiger partial charge on any atom is 0.256 e. The summed E-state index contributed by atoms with van der Waals surface area (Å²) in [5.41, 5.74) is 2.54. The van der Waals surface area contributed by atoms with Crippen LogP contribution in [-0.2, 0) is 5.75 Å². The third kappa shape index (κ3) is 4.92. The summed E-state index contributed by atoms with van der Waals surface area (Å²) in [4.78, 5) is 20.1. The number of benzene rings is 2. The number of carbonyl (C=O) groups is 1. The zero-order valence-electron chi connectivity index (χ0n) is 16.3. The van der Waals surface area contributed by atoms with Crippen LogP contribution in [0.15, 0.2) is 57.9 Å². The maximum absolute atomic E-state index is 12.8. The highest BCUT2D eigenvalue weighted by atomic mass is 32.2. The van der Waals surface area contributed by atoms with Crippen LogP contribution in [0, 0.1) is 6.92 Å². The van der Waals surface area contributed by atoms with Gasteiger partial charge in [-0.2, -0.15) is 4.98 Å². The molecule has 7 heteroatoms. The first-order valence-electron chi connectivity index (χ1n) is 9.28. The van der Waals surface area contributed by atoms with E-state index in [1.807, 2.05) is 48.5 Å². The Kier molecular flexibility index (Phi) is 6.71. The van der Waals surface area contributed by atoms with Crippen LogP contribution in [0.4, 0.5) is 11.4 Å². The van der Waals surface area contributed by atoms with Gasteiger partial charge in [0.2, 0.25) is 5.89 Å². The molecule has 1 aromatic heterocycles. The van der Waals surface area contributed by atoms with Gasteiger partial charge in [0.15, 0.2) is 5.82 Å². The van der Waals surface area contributed by atoms with E-state index in [4.69, 9.17) is 4.52 Å². The molecule has 1 N–H and O–H groups in total. The highest BCUT2D eigenvalue weighted by molar-refractivity contribution is 7.98. The number of aromatic nitrogens is 2. The monoisotopic (exact) mass is 396 g/mol. The number of thioether (sulfide) groups is 1. The lowest BCUT2D eigenvalue weighted by molar-refractivity contribution is 0.102. The lowest BCUT2D eigenvalue weighted by Crippen LogP contribution is -2.21. The summed E-state index contributed by atoms with van der Waals surface area (Å²) >= 11 is 1.50. The lowest BCUT2D eigenvalue weighted by Gasteiger charge is -2.21. The number of carbonyl (C=O) groups excluding carboxylic acids is 1. The minimum atomic E-state index is -0.139. The van der Waals surface area contributed by atoms with Crippen molar-refractivity contribution in [2.24, 2.45) is 0 Å². The molecule has 1 heterocycles. The van der Waals surface area contributed by atoms with Crippen molar-refractivity contribution in [1.82, 2.24) is 10.1 Å². The van der Waals surface area contributed by atoms with Crippen molar-refractivity contribution >= 4 is 29.0 Å². The Labute approximate surface area is 169 Å². The smallest absolute Gasteiger partial charge is 0.256 e. The van der Waals surface area contributed by atoms with E-state index >= 15 is 0 Å². The van der Waals surface area contributed by atoms with E-state index in [2.05, 4.69) is 34.2 Å². The van der Waals surface area contributed by atoms with Crippen LogP contribution in [0.3, 0.4) is 0 Å². The summed E-state index contributed by atoms with van der Waals surface area (Å²) in [6.45, 7) is 7.94. The fourth-order valence-corrected chi connectivity index (χ4v) is 3.75. The molecule has 1 amide bonds. The van der Waals surface area contributed by atoms with Gasteiger partial charge in [0.25, 0.3) is 5.91 Å². The second-order valence-corrected chi connectivity index (χ2v) is 7.21. The summed E-state index contributed by atoms with van der Waals surface area (Å²) in [6, 6.07) is 15.4. The van der Waals surface area contributed by atoms with Gasteiger partial charge in [-0.15, -0.1) is 11.8 Å². The summed E-state index contributed by atoms with van der Waals surface area (Å²) in [5, 5.41) is 6.77. The number of nitrogens with zero attached hydrogens (tertiary/aromatic N) is 3. The number of hydrogen-bond donors (Lipinski definition) is 1. The molecule has 0 bridgehead atoms. The SMILES string of the molecule is CCN(CC)c1ccc(NC(=O)c2ccccc2SCc2nc(C)no2)cc1. The van der Waals surface area contributed by atoms with Crippen molar-refractivity contribution in [1.29, 1.82) is 0 Å². The number of anilines is 2. The highest BCUT2D eigenvalue weighted by Crippen LogP contribution is 2.27. The summed E-state index contributed by atoms with van der Waals surface area (Å²) in [6.07, 6.45) is 0. The highest BCUT2D eigenvalue weighted by Gasteiger charge is 2.13. The first kappa shape index (κ1) is 19.9. The Balaban J connectivity index is 1.68. The van der Waals surface area contributed by atoms with Crippen LogP contribution in [0.2, 0.25) is 0 Å². The molecule has 3 rings (SSSR count). The largest absolute Gasteiger partial charge is 0.372 e. The lowest BCUT2D eigenvalue weighted by atomic mass is 10.2. The van der Waals surface area contributed by atoms with Crippen LogP contribution < -0.4 is 10.2 Å². The van der Waals surface area contributed by atoms with Crippen molar-refractivity contribution in [3.05, 3.63) is 65.8 Å². The van der Waals surface area contributed by atoms with Crippen LogP contribution in [0.25, 0.3) is 0 Å². The molecular formula is C21H24N4O2S. The quantitative estimate of drug-likeness (QED) is 0.553. The molecule has 0 atom stereocenters. The minimum absolute atomic E-state index is 0.139. The third-order valence-corrected chi connectivity index (χ3v) is 5.36. The fraction of sp³-hybridized carbons (Fsp3) is 0.286. The molecule has 0 spiro atoms. The van der Waals surface area contributed by atoms with E-state index in [1.165, 1.54) is 11.8 Å². The first-order valence-corrected chi connectivity index (χ1v) is 10.3. The summed E-state index contributed by atoms with van der Waals surface area (Å²) < 4.78 is 5.14. The van der Waals surface area contributed by atoms with Gasteiger partial charge in [0.05, 0.1) is 11.3 Å². The normalized spacial score (nSPS) is 10.7. The van der Waals surface area contributed by atoms with Gasteiger partial charge in [-0.05, 0) is 57.2 Å². The number of aryl methyl sites for hydroxylation is 1. The topological polar surface area (TPSA) is 71.3 Å². The minimum Gasteiger partial charge on any atom is -0.372 e. The molecule has 0 unspecified atom stereocenters. The van der Waals surface area contributed by atoms with Crippen LogP contribution in [0.5, 0.6) is 0 Å². The fourth-order valence-electron chi connectivity index (χ4n) is 2.86. The molecule has 0 radical (unpaired) electrons. The molecular weight excluding hydrogens is 372 g/mol. The van der Waals surface area contributed by atoms with Gasteiger partial charge in [-0.1, -0.05) is 17.3 Å². The maximum atomic E-state index is 12.8. The van der Waals surface area contributed by atoms with Crippen LogP contribution in [0.1, 0.15) is 35.9 Å². The molecule has 0 saturated heterocycles. The molecule has 0 aliphatic carbocycles. The second kappa shape index (κ2) is 9.41.